The molecular weight excluding hydrogens is 368 g/mol. The zero-order chi connectivity index (χ0) is 19.4. The smallest absolute Gasteiger partial charge is 0.338 e. The molecule has 1 aromatic rings. The van der Waals surface area contributed by atoms with E-state index in [-0.39, 0.29) is 30.0 Å². The number of rotatable bonds is 6. The lowest BCUT2D eigenvalue weighted by molar-refractivity contribution is -0.130. The number of hydrogen-bond acceptors (Lipinski definition) is 6. The Morgan fingerprint density at radius 1 is 1.22 bits per heavy atom. The average molecular weight is 390 g/mol. The molecule has 1 aliphatic carbocycles. The molecule has 0 bridgehead atoms. The third-order valence-corrected chi connectivity index (χ3v) is 5.57. The van der Waals surface area contributed by atoms with Crippen LogP contribution in [0, 0.1) is 0 Å². The quantitative estimate of drug-likeness (QED) is 0.746. The van der Waals surface area contributed by atoms with Crippen LogP contribution in [0.2, 0.25) is 0 Å². The first-order chi connectivity index (χ1) is 13.0. The molecule has 1 atom stereocenters. The lowest BCUT2D eigenvalue weighted by Crippen LogP contribution is -2.41. The van der Waals surface area contributed by atoms with E-state index in [0.717, 1.165) is 35.9 Å². The Labute approximate surface area is 161 Å². The van der Waals surface area contributed by atoms with Gasteiger partial charge in [0.15, 0.2) is 6.10 Å². The summed E-state index contributed by atoms with van der Waals surface area (Å²) >= 11 is 0.950. The fourth-order valence-electron chi connectivity index (χ4n) is 3.17. The lowest BCUT2D eigenvalue weighted by Gasteiger charge is -2.18. The first-order valence-corrected chi connectivity index (χ1v) is 10.0. The van der Waals surface area contributed by atoms with Gasteiger partial charge in [0.2, 0.25) is 5.91 Å². The van der Waals surface area contributed by atoms with Crippen molar-refractivity contribution in [1.29, 1.82) is 0 Å². The number of fused-ring (bicyclic) bond motifs is 1. The number of thioether (sulfide) groups is 1. The van der Waals surface area contributed by atoms with E-state index in [9.17, 15) is 19.2 Å². The summed E-state index contributed by atoms with van der Waals surface area (Å²) < 4.78 is 5.25. The normalized spacial score (nSPS) is 17.4. The highest BCUT2D eigenvalue weighted by atomic mass is 32.2. The zero-order valence-electron chi connectivity index (χ0n) is 15.2. The molecule has 8 heteroatoms. The molecule has 1 aliphatic heterocycles. The van der Waals surface area contributed by atoms with Crippen molar-refractivity contribution in [3.8, 4) is 0 Å². The molecule has 1 fully saturated rings. The molecule has 0 saturated carbocycles. The van der Waals surface area contributed by atoms with Gasteiger partial charge < -0.3 is 10.1 Å². The molecule has 27 heavy (non-hydrogen) atoms. The van der Waals surface area contributed by atoms with E-state index >= 15 is 0 Å². The van der Waals surface area contributed by atoms with Crippen molar-refractivity contribution < 1.29 is 23.9 Å². The van der Waals surface area contributed by atoms with E-state index in [1.54, 1.807) is 6.07 Å². The van der Waals surface area contributed by atoms with Crippen LogP contribution >= 0.6 is 11.8 Å². The van der Waals surface area contributed by atoms with E-state index in [0.29, 0.717) is 5.56 Å². The highest BCUT2D eigenvalue weighted by Gasteiger charge is 2.29. The highest BCUT2D eigenvalue weighted by molar-refractivity contribution is 8.14. The molecule has 3 amide bonds. The predicted molar refractivity (Wildman–Crippen MR) is 101 cm³/mol. The van der Waals surface area contributed by atoms with Crippen LogP contribution in [0.5, 0.6) is 0 Å². The van der Waals surface area contributed by atoms with E-state index in [1.807, 2.05) is 12.1 Å². The summed E-state index contributed by atoms with van der Waals surface area (Å²) in [4.78, 5) is 48.5. The van der Waals surface area contributed by atoms with Crippen molar-refractivity contribution >= 4 is 34.8 Å². The van der Waals surface area contributed by atoms with Crippen LogP contribution in [-0.4, -0.2) is 52.9 Å². The number of imide groups is 1. The summed E-state index contributed by atoms with van der Waals surface area (Å²) in [5.74, 6) is -1.12. The summed E-state index contributed by atoms with van der Waals surface area (Å²) in [6.07, 6.45) is 3.31. The standard InChI is InChI=1S/C19H22N2O5S/c1-12(17(23)20-8-9-21-16(22)11-27-19(21)25)26-18(24)15-7-6-13-4-2-3-5-14(13)10-15/h6-7,10,12H,2-5,8-9,11H2,1H3,(H,20,23)/t12-/m1/s1. The maximum absolute atomic E-state index is 12.3. The van der Waals surface area contributed by atoms with Crippen LogP contribution < -0.4 is 5.32 Å². The van der Waals surface area contributed by atoms with Gasteiger partial charge in [0.05, 0.1) is 11.3 Å². The van der Waals surface area contributed by atoms with Crippen molar-refractivity contribution in [2.75, 3.05) is 18.8 Å². The molecule has 1 N–H and O–H groups in total. The van der Waals surface area contributed by atoms with E-state index < -0.39 is 18.0 Å². The maximum Gasteiger partial charge on any atom is 0.338 e. The number of amides is 3. The average Bonchev–Trinajstić information content (AvgIpc) is 2.99. The first kappa shape index (κ1) is 19.4. The molecule has 7 nitrogen and oxygen atoms in total. The Morgan fingerprint density at radius 3 is 2.67 bits per heavy atom. The SMILES string of the molecule is C[C@@H](OC(=O)c1ccc2c(c1)CCCC2)C(=O)NCCN1C(=O)CSC1=O. The summed E-state index contributed by atoms with van der Waals surface area (Å²) in [6.45, 7) is 1.73. The fraction of sp³-hybridized carbons (Fsp3) is 0.474. The third kappa shape index (κ3) is 4.68. The Balaban J connectivity index is 1.48. The van der Waals surface area contributed by atoms with Gasteiger partial charge in [0.25, 0.3) is 11.1 Å². The Hall–Kier alpha value is -2.35. The molecule has 1 saturated heterocycles. The van der Waals surface area contributed by atoms with Crippen molar-refractivity contribution in [3.63, 3.8) is 0 Å². The third-order valence-electron chi connectivity index (χ3n) is 4.71. The number of nitrogens with zero attached hydrogens (tertiary/aromatic N) is 1. The van der Waals surface area contributed by atoms with Gasteiger partial charge in [0, 0.05) is 13.1 Å². The minimum absolute atomic E-state index is 0.113. The van der Waals surface area contributed by atoms with Gasteiger partial charge in [0.1, 0.15) is 0 Å². The molecule has 0 unspecified atom stereocenters. The van der Waals surface area contributed by atoms with Crippen LogP contribution in [0.4, 0.5) is 4.79 Å². The van der Waals surface area contributed by atoms with Crippen LogP contribution in [0.25, 0.3) is 0 Å². The van der Waals surface area contributed by atoms with E-state index in [1.165, 1.54) is 24.5 Å². The highest BCUT2D eigenvalue weighted by Crippen LogP contribution is 2.22. The summed E-state index contributed by atoms with van der Waals surface area (Å²) in [5, 5.41) is 2.28. The fourth-order valence-corrected chi connectivity index (χ4v) is 3.93. The molecular formula is C19H22N2O5S. The molecule has 2 aliphatic rings. The minimum Gasteiger partial charge on any atom is -0.449 e. The van der Waals surface area contributed by atoms with E-state index in [2.05, 4.69) is 5.32 Å². The summed E-state index contributed by atoms with van der Waals surface area (Å²) in [6, 6.07) is 5.54. The van der Waals surface area contributed by atoms with Gasteiger partial charge in [-0.05, 0) is 55.9 Å². The predicted octanol–water partition coefficient (Wildman–Crippen LogP) is 1.92. The monoisotopic (exact) mass is 390 g/mol. The molecule has 3 rings (SSSR count). The van der Waals surface area contributed by atoms with Crippen molar-refractivity contribution in [3.05, 3.63) is 34.9 Å². The summed E-state index contributed by atoms with van der Waals surface area (Å²) in [7, 11) is 0. The lowest BCUT2D eigenvalue weighted by atomic mass is 9.90. The number of benzene rings is 1. The van der Waals surface area contributed by atoms with Crippen molar-refractivity contribution in [1.82, 2.24) is 10.2 Å². The van der Waals surface area contributed by atoms with E-state index in [4.69, 9.17) is 4.74 Å². The van der Waals surface area contributed by atoms with Crippen molar-refractivity contribution in [2.24, 2.45) is 0 Å². The number of nitrogens with one attached hydrogen (secondary N) is 1. The number of esters is 1. The second kappa shape index (κ2) is 8.56. The minimum atomic E-state index is -0.965. The summed E-state index contributed by atoms with van der Waals surface area (Å²) in [5.41, 5.74) is 2.89. The van der Waals surface area contributed by atoms with Gasteiger partial charge >= 0.3 is 5.97 Å². The van der Waals surface area contributed by atoms with Crippen LogP contribution in [-0.2, 0) is 27.2 Å². The van der Waals surface area contributed by atoms with Gasteiger partial charge in [-0.2, -0.15) is 0 Å². The number of hydrogen-bond donors (Lipinski definition) is 1. The second-order valence-electron chi connectivity index (χ2n) is 6.63. The molecule has 144 valence electrons. The van der Waals surface area contributed by atoms with Crippen LogP contribution in [0.15, 0.2) is 18.2 Å². The van der Waals surface area contributed by atoms with Gasteiger partial charge in [-0.25, -0.2) is 4.79 Å². The maximum atomic E-state index is 12.3. The van der Waals surface area contributed by atoms with Gasteiger partial charge in [-0.3, -0.25) is 19.3 Å². The van der Waals surface area contributed by atoms with Crippen molar-refractivity contribution in [2.45, 2.75) is 38.7 Å². The van der Waals surface area contributed by atoms with Crippen LogP contribution in [0.3, 0.4) is 0 Å². The molecule has 0 aromatic heterocycles. The topological polar surface area (TPSA) is 92.8 Å². The Bertz CT molecular complexity index is 763. The van der Waals surface area contributed by atoms with Gasteiger partial charge in [-0.15, -0.1) is 0 Å². The second-order valence-corrected chi connectivity index (χ2v) is 7.56. The molecule has 0 spiro atoms. The molecule has 1 heterocycles. The van der Waals surface area contributed by atoms with Crippen LogP contribution in [0.1, 0.15) is 41.3 Å². The van der Waals surface area contributed by atoms with Gasteiger partial charge in [-0.1, -0.05) is 17.8 Å². The largest absolute Gasteiger partial charge is 0.449 e. The number of carbonyl (C=O) groups is 4. The Kier molecular flexibility index (Phi) is 6.15. The zero-order valence-corrected chi connectivity index (χ0v) is 16.0. The Morgan fingerprint density at radius 2 is 1.96 bits per heavy atom. The first-order valence-electron chi connectivity index (χ1n) is 9.03. The number of aryl methyl sites for hydroxylation is 2. The molecule has 0 radical (unpaired) electrons. The number of carbonyl (C=O) groups excluding carboxylic acids is 4. The number of ether oxygens (including phenoxy) is 1. The molecule has 1 aromatic carbocycles.